The van der Waals surface area contributed by atoms with Crippen LogP contribution >= 0.6 is 0 Å². The first-order valence-electron chi connectivity index (χ1n) is 14.2. The number of carbonyl (C=O) groups is 3. The molecular weight excluding hydrogens is 636 g/mol. The third-order valence-corrected chi connectivity index (χ3v) is 8.49. The van der Waals surface area contributed by atoms with Crippen LogP contribution in [0.2, 0.25) is 0 Å². The van der Waals surface area contributed by atoms with Gasteiger partial charge < -0.3 is 20.3 Å². The van der Waals surface area contributed by atoms with Gasteiger partial charge in [-0.2, -0.15) is 0 Å². The number of pyridine rings is 2. The Hall–Kier alpha value is -5.48. The highest BCUT2D eigenvalue weighted by atomic mass is 32.2. The first-order valence-corrected chi connectivity index (χ1v) is 15.7. The minimum absolute atomic E-state index is 0.0179. The number of amides is 4. The van der Waals surface area contributed by atoms with Crippen molar-refractivity contribution in [1.82, 2.24) is 19.6 Å². The number of imide groups is 1. The van der Waals surface area contributed by atoms with Crippen LogP contribution in [0.3, 0.4) is 0 Å². The van der Waals surface area contributed by atoms with Crippen LogP contribution in [0.1, 0.15) is 13.8 Å². The number of nitrogens with zero attached hydrogens (tertiary/aromatic N) is 4. The van der Waals surface area contributed by atoms with Crippen molar-refractivity contribution in [3.05, 3.63) is 90.8 Å². The number of hydrogen-bond acceptors (Lipinski definition) is 9. The lowest BCUT2D eigenvalue weighted by molar-refractivity contribution is -0.132. The van der Waals surface area contributed by atoms with Gasteiger partial charge in [0.05, 0.1) is 5.69 Å². The van der Waals surface area contributed by atoms with E-state index in [1.54, 1.807) is 13.8 Å². The van der Waals surface area contributed by atoms with E-state index in [0.29, 0.717) is 5.82 Å². The number of rotatable bonds is 10. The van der Waals surface area contributed by atoms with Gasteiger partial charge in [0.25, 0.3) is 0 Å². The molecule has 1 aliphatic rings. The number of halogens is 2. The third kappa shape index (κ3) is 7.34. The second-order valence-corrected chi connectivity index (χ2v) is 12.4. The molecule has 0 saturated carbocycles. The molecule has 1 fully saturated rings. The summed E-state index contributed by atoms with van der Waals surface area (Å²) in [5.41, 5.74) is 0.154. The topological polar surface area (TPSA) is 163 Å². The van der Waals surface area contributed by atoms with Crippen molar-refractivity contribution in [2.75, 3.05) is 29.1 Å². The van der Waals surface area contributed by atoms with E-state index in [9.17, 15) is 27.2 Å². The van der Waals surface area contributed by atoms with Gasteiger partial charge in [0.1, 0.15) is 34.0 Å². The maximum absolute atomic E-state index is 15.1. The fourth-order valence-electron chi connectivity index (χ4n) is 4.61. The first-order chi connectivity index (χ1) is 22.4. The van der Waals surface area contributed by atoms with Gasteiger partial charge in [-0.1, -0.05) is 0 Å². The molecule has 0 aliphatic carbocycles. The molecule has 2 aromatic carbocycles. The number of carbonyl (C=O) groups excluding carboxylic acids is 3. The molecule has 244 valence electrons. The Bertz CT molecular complexity index is 1930. The summed E-state index contributed by atoms with van der Waals surface area (Å²) in [7, 11) is -2.36. The summed E-state index contributed by atoms with van der Waals surface area (Å²) in [6, 6.07) is 13.2. The molecule has 2 aromatic heterocycles. The normalized spacial score (nSPS) is 15.1. The highest BCUT2D eigenvalue weighted by molar-refractivity contribution is 7.89. The van der Waals surface area contributed by atoms with Crippen LogP contribution in [0.15, 0.2) is 84.0 Å². The zero-order valence-electron chi connectivity index (χ0n) is 25.3. The molecule has 1 saturated heterocycles. The molecule has 0 bridgehead atoms. The number of urea groups is 1. The SMILES string of the molecule is CNS(=O)(=O)c1ccc(Nc2cc(Oc3ccc(NC(=O)C4CN(C(C)C)C(=O)N(c5ccc(F)cc5)C4=O)cc3F)ccn2)nc1. The molecule has 1 unspecified atom stereocenters. The average molecular weight is 666 g/mol. The molecule has 1 aliphatic heterocycles. The Morgan fingerprint density at radius 1 is 0.979 bits per heavy atom. The van der Waals surface area contributed by atoms with E-state index in [2.05, 4.69) is 25.3 Å². The average Bonchev–Trinajstić information content (AvgIpc) is 3.03. The van der Waals surface area contributed by atoms with Crippen LogP contribution in [0.5, 0.6) is 11.5 Å². The molecule has 3 heterocycles. The fraction of sp³-hybridized carbons (Fsp3) is 0.194. The number of anilines is 4. The molecule has 4 amide bonds. The van der Waals surface area contributed by atoms with Crippen molar-refractivity contribution in [3.63, 3.8) is 0 Å². The summed E-state index contributed by atoms with van der Waals surface area (Å²) in [6.45, 7) is 3.26. The van der Waals surface area contributed by atoms with Gasteiger partial charge in [0.2, 0.25) is 21.8 Å². The van der Waals surface area contributed by atoms with Crippen molar-refractivity contribution in [1.29, 1.82) is 0 Å². The second-order valence-electron chi connectivity index (χ2n) is 10.6. The standard InChI is InChI=1S/C31H29F2N7O6S/c1-18(2)39-17-24(30(42)40(31(39)43)21-7-4-19(32)5-8-21)29(41)37-20-6-10-26(25(33)14-20)46-22-12-13-35-28(15-22)38-27-11-9-23(16-36-27)47(44,45)34-3/h4-16,18,24,34H,17H2,1-3H3,(H,37,41)(H,35,36,38). The Morgan fingerprint density at radius 2 is 1.72 bits per heavy atom. The van der Waals surface area contributed by atoms with Gasteiger partial charge in [0.15, 0.2) is 11.6 Å². The number of benzene rings is 2. The Morgan fingerprint density at radius 3 is 2.36 bits per heavy atom. The minimum atomic E-state index is -3.65. The van der Waals surface area contributed by atoms with Crippen molar-refractivity contribution in [2.45, 2.75) is 24.8 Å². The van der Waals surface area contributed by atoms with Gasteiger partial charge in [-0.15, -0.1) is 0 Å². The van der Waals surface area contributed by atoms with Crippen LogP contribution in [-0.2, 0) is 19.6 Å². The summed E-state index contributed by atoms with van der Waals surface area (Å²) >= 11 is 0. The third-order valence-electron chi connectivity index (χ3n) is 7.09. The number of nitrogens with one attached hydrogen (secondary N) is 3. The smallest absolute Gasteiger partial charge is 0.331 e. The summed E-state index contributed by atoms with van der Waals surface area (Å²) in [5, 5.41) is 5.44. The van der Waals surface area contributed by atoms with Gasteiger partial charge in [-0.05, 0) is 75.5 Å². The molecule has 0 spiro atoms. The van der Waals surface area contributed by atoms with Gasteiger partial charge in [-0.3, -0.25) is 9.59 Å². The lowest BCUT2D eigenvalue weighted by Gasteiger charge is -2.39. The quantitative estimate of drug-likeness (QED) is 0.205. The van der Waals surface area contributed by atoms with Crippen LogP contribution in [0.25, 0.3) is 0 Å². The summed E-state index contributed by atoms with van der Waals surface area (Å²) in [4.78, 5) is 50.1. The van der Waals surface area contributed by atoms with Crippen LogP contribution < -0.4 is 25.0 Å². The highest BCUT2D eigenvalue weighted by Crippen LogP contribution is 2.30. The molecule has 1 atom stereocenters. The monoisotopic (exact) mass is 665 g/mol. The number of ether oxygens (including phenoxy) is 1. The van der Waals surface area contributed by atoms with E-state index >= 15 is 4.39 Å². The number of sulfonamides is 1. The van der Waals surface area contributed by atoms with E-state index in [-0.39, 0.29) is 46.2 Å². The largest absolute Gasteiger partial charge is 0.454 e. The molecular formula is C31H29F2N7O6S. The van der Waals surface area contributed by atoms with Crippen molar-refractivity contribution in [3.8, 4) is 11.5 Å². The molecule has 47 heavy (non-hydrogen) atoms. The van der Waals surface area contributed by atoms with Crippen LogP contribution in [0, 0.1) is 17.6 Å². The predicted octanol–water partition coefficient (Wildman–Crippen LogP) is 4.63. The van der Waals surface area contributed by atoms with Crippen molar-refractivity contribution < 1.29 is 36.3 Å². The molecule has 3 N–H and O–H groups in total. The highest BCUT2D eigenvalue weighted by Gasteiger charge is 2.44. The van der Waals surface area contributed by atoms with Gasteiger partial charge in [0, 0.05) is 42.8 Å². The van der Waals surface area contributed by atoms with E-state index < -0.39 is 45.4 Å². The summed E-state index contributed by atoms with van der Waals surface area (Å²) in [6.07, 6.45) is 2.58. The molecule has 5 rings (SSSR count). The lowest BCUT2D eigenvalue weighted by atomic mass is 10.0. The molecule has 13 nitrogen and oxygen atoms in total. The van der Waals surface area contributed by atoms with Crippen molar-refractivity contribution in [2.24, 2.45) is 5.92 Å². The summed E-state index contributed by atoms with van der Waals surface area (Å²) < 4.78 is 60.3. The van der Waals surface area contributed by atoms with Gasteiger partial charge >= 0.3 is 6.03 Å². The maximum atomic E-state index is 15.1. The van der Waals surface area contributed by atoms with E-state index in [1.165, 1.54) is 72.9 Å². The van der Waals surface area contributed by atoms with Crippen LogP contribution in [0.4, 0.5) is 36.6 Å². The maximum Gasteiger partial charge on any atom is 0.331 e. The Balaban J connectivity index is 1.27. The van der Waals surface area contributed by atoms with E-state index in [4.69, 9.17) is 4.74 Å². The first kappa shape index (κ1) is 32.9. The van der Waals surface area contributed by atoms with Crippen LogP contribution in [-0.4, -0.2) is 60.8 Å². The second kappa shape index (κ2) is 13.5. The predicted molar refractivity (Wildman–Crippen MR) is 168 cm³/mol. The number of aromatic nitrogens is 2. The van der Waals surface area contributed by atoms with E-state index in [1.807, 2.05) is 0 Å². The lowest BCUT2D eigenvalue weighted by Crippen LogP contribution is -2.61. The van der Waals surface area contributed by atoms with Crippen molar-refractivity contribution >= 4 is 50.9 Å². The zero-order chi connectivity index (χ0) is 33.9. The van der Waals surface area contributed by atoms with Gasteiger partial charge in [-0.25, -0.2) is 41.6 Å². The number of hydrogen-bond donors (Lipinski definition) is 3. The molecule has 4 aromatic rings. The zero-order valence-corrected chi connectivity index (χ0v) is 26.1. The molecule has 0 radical (unpaired) electrons. The van der Waals surface area contributed by atoms with E-state index in [0.717, 1.165) is 23.1 Å². The fourth-order valence-corrected chi connectivity index (χ4v) is 5.28. The Labute approximate surface area is 268 Å². The molecule has 16 heteroatoms. The minimum Gasteiger partial charge on any atom is -0.454 e. The summed E-state index contributed by atoms with van der Waals surface area (Å²) in [5.74, 6) is -3.64. The Kier molecular flexibility index (Phi) is 9.44.